The lowest BCUT2D eigenvalue weighted by molar-refractivity contribution is -0.274. The van der Waals surface area contributed by atoms with E-state index in [1.807, 2.05) is 19.1 Å². The molecular weight excluding hydrogens is 512 g/mol. The molecule has 0 radical (unpaired) electrons. The first-order valence-electron chi connectivity index (χ1n) is 8.97. The van der Waals surface area contributed by atoms with Crippen LogP contribution < -0.4 is 20.7 Å². The molecule has 164 valence electrons. The minimum Gasteiger partial charge on any atom is -0.405 e. The molecule has 1 amide bonds. The summed E-state index contributed by atoms with van der Waals surface area (Å²) < 4.78 is 41.6. The van der Waals surface area contributed by atoms with Crippen LogP contribution in [-0.2, 0) is 13.1 Å². The first-order chi connectivity index (χ1) is 13.8. The minimum atomic E-state index is -4.75. The molecule has 0 atom stereocenters. The molecule has 0 saturated carbocycles. The van der Waals surface area contributed by atoms with Crippen molar-refractivity contribution in [3.8, 4) is 5.75 Å². The standard InChI is InChI=1S/C20H23F3N4O2.HI/c1-3-25-18(28)15-10-8-14(9-11-15)12-26-19(24-2)27-13-16-6-4-5-7-17(16)29-20(21,22)23;/h4-11H,3,12-13H2,1-2H3,(H,25,28)(H2,24,26,27);1H. The molecule has 30 heavy (non-hydrogen) atoms. The Balaban J connectivity index is 0.00000450. The Morgan fingerprint density at radius 2 is 1.63 bits per heavy atom. The number of carbonyl (C=O) groups is 1. The van der Waals surface area contributed by atoms with Gasteiger partial charge in [-0.2, -0.15) is 0 Å². The van der Waals surface area contributed by atoms with Crippen molar-refractivity contribution in [1.29, 1.82) is 0 Å². The van der Waals surface area contributed by atoms with Gasteiger partial charge in [-0.3, -0.25) is 9.79 Å². The fourth-order valence-corrected chi connectivity index (χ4v) is 2.50. The van der Waals surface area contributed by atoms with Crippen molar-refractivity contribution in [2.45, 2.75) is 26.4 Å². The molecule has 2 aromatic rings. The van der Waals surface area contributed by atoms with E-state index in [0.29, 0.717) is 30.2 Å². The fourth-order valence-electron chi connectivity index (χ4n) is 2.50. The zero-order valence-corrected chi connectivity index (χ0v) is 18.9. The first kappa shape index (κ1) is 25.5. The molecule has 2 rings (SSSR count). The Kier molecular flexibility index (Phi) is 10.4. The highest BCUT2D eigenvalue weighted by atomic mass is 127. The lowest BCUT2D eigenvalue weighted by Crippen LogP contribution is -2.36. The van der Waals surface area contributed by atoms with Gasteiger partial charge in [-0.05, 0) is 30.7 Å². The molecule has 0 aromatic heterocycles. The summed E-state index contributed by atoms with van der Waals surface area (Å²) in [4.78, 5) is 15.8. The van der Waals surface area contributed by atoms with Crippen LogP contribution in [0.25, 0.3) is 0 Å². The molecule has 0 bridgehead atoms. The Morgan fingerprint density at radius 3 is 2.23 bits per heavy atom. The molecule has 0 spiro atoms. The van der Waals surface area contributed by atoms with Crippen LogP contribution in [0.4, 0.5) is 13.2 Å². The predicted octanol–water partition coefficient (Wildman–Crippen LogP) is 3.82. The highest BCUT2D eigenvalue weighted by Crippen LogP contribution is 2.26. The number of ether oxygens (including phenoxy) is 1. The van der Waals surface area contributed by atoms with Crippen LogP contribution in [0.3, 0.4) is 0 Å². The zero-order chi connectivity index (χ0) is 21.3. The average molecular weight is 536 g/mol. The number of hydrogen-bond acceptors (Lipinski definition) is 3. The van der Waals surface area contributed by atoms with E-state index in [0.717, 1.165) is 5.56 Å². The van der Waals surface area contributed by atoms with E-state index < -0.39 is 6.36 Å². The lowest BCUT2D eigenvalue weighted by atomic mass is 10.1. The number of amides is 1. The number of rotatable bonds is 7. The number of benzene rings is 2. The van der Waals surface area contributed by atoms with Gasteiger partial charge in [0.1, 0.15) is 5.75 Å². The van der Waals surface area contributed by atoms with Gasteiger partial charge in [0.2, 0.25) is 0 Å². The Morgan fingerprint density at radius 1 is 1.00 bits per heavy atom. The summed E-state index contributed by atoms with van der Waals surface area (Å²) in [5.74, 6) is 0.0211. The molecule has 0 heterocycles. The second kappa shape index (κ2) is 12.3. The Labute approximate surface area is 190 Å². The molecule has 0 saturated heterocycles. The molecule has 10 heteroatoms. The molecule has 0 aliphatic rings. The maximum Gasteiger partial charge on any atom is 0.573 e. The van der Waals surface area contributed by atoms with E-state index in [1.54, 1.807) is 31.3 Å². The molecule has 3 N–H and O–H groups in total. The lowest BCUT2D eigenvalue weighted by Gasteiger charge is -2.15. The highest BCUT2D eigenvalue weighted by molar-refractivity contribution is 14.0. The molecule has 2 aromatic carbocycles. The van der Waals surface area contributed by atoms with E-state index in [4.69, 9.17) is 0 Å². The van der Waals surface area contributed by atoms with Crippen molar-refractivity contribution in [3.05, 3.63) is 65.2 Å². The van der Waals surface area contributed by atoms with Crippen molar-refractivity contribution < 1.29 is 22.7 Å². The maximum atomic E-state index is 12.5. The van der Waals surface area contributed by atoms with Gasteiger partial charge < -0.3 is 20.7 Å². The van der Waals surface area contributed by atoms with E-state index in [9.17, 15) is 18.0 Å². The molecule has 6 nitrogen and oxygen atoms in total. The van der Waals surface area contributed by atoms with Gasteiger partial charge >= 0.3 is 6.36 Å². The SMILES string of the molecule is CCNC(=O)c1ccc(CNC(=NC)NCc2ccccc2OC(F)(F)F)cc1.I. The van der Waals surface area contributed by atoms with Gasteiger partial charge in [-0.1, -0.05) is 30.3 Å². The van der Waals surface area contributed by atoms with Gasteiger partial charge in [0, 0.05) is 37.8 Å². The van der Waals surface area contributed by atoms with Crippen molar-refractivity contribution in [2.75, 3.05) is 13.6 Å². The van der Waals surface area contributed by atoms with Gasteiger partial charge in [0.05, 0.1) is 0 Å². The first-order valence-corrected chi connectivity index (χ1v) is 8.97. The number of carbonyl (C=O) groups excluding carboxylic acids is 1. The molecule has 0 fully saturated rings. The number of nitrogens with zero attached hydrogens (tertiary/aromatic N) is 1. The maximum absolute atomic E-state index is 12.5. The number of guanidine groups is 1. The quantitative estimate of drug-likeness (QED) is 0.286. The fraction of sp³-hybridized carbons (Fsp3) is 0.300. The minimum absolute atomic E-state index is 0. The van der Waals surface area contributed by atoms with Gasteiger partial charge in [-0.15, -0.1) is 37.1 Å². The summed E-state index contributed by atoms with van der Waals surface area (Å²) in [5.41, 5.74) is 1.83. The normalized spacial score (nSPS) is 11.3. The third kappa shape index (κ3) is 8.47. The average Bonchev–Trinajstić information content (AvgIpc) is 2.68. The van der Waals surface area contributed by atoms with Crippen LogP contribution in [0.1, 0.15) is 28.4 Å². The summed E-state index contributed by atoms with van der Waals surface area (Å²) >= 11 is 0. The third-order valence-electron chi connectivity index (χ3n) is 3.88. The van der Waals surface area contributed by atoms with Crippen molar-refractivity contribution in [2.24, 2.45) is 4.99 Å². The van der Waals surface area contributed by atoms with Crippen LogP contribution >= 0.6 is 24.0 Å². The second-order valence-corrected chi connectivity index (χ2v) is 5.99. The third-order valence-corrected chi connectivity index (χ3v) is 3.88. The number of halogens is 4. The van der Waals surface area contributed by atoms with Crippen LogP contribution in [0.2, 0.25) is 0 Å². The Hall–Kier alpha value is -2.50. The Bertz CT molecular complexity index is 843. The van der Waals surface area contributed by atoms with Crippen LogP contribution in [0.5, 0.6) is 5.75 Å². The second-order valence-electron chi connectivity index (χ2n) is 5.99. The van der Waals surface area contributed by atoms with Crippen molar-refractivity contribution in [3.63, 3.8) is 0 Å². The number of hydrogen-bond donors (Lipinski definition) is 3. The van der Waals surface area contributed by atoms with E-state index >= 15 is 0 Å². The highest BCUT2D eigenvalue weighted by Gasteiger charge is 2.31. The van der Waals surface area contributed by atoms with Crippen molar-refractivity contribution >= 4 is 35.8 Å². The summed E-state index contributed by atoms with van der Waals surface area (Å²) in [6.07, 6.45) is -4.75. The van der Waals surface area contributed by atoms with E-state index in [2.05, 4.69) is 25.7 Å². The zero-order valence-electron chi connectivity index (χ0n) is 16.5. The van der Waals surface area contributed by atoms with Gasteiger partial charge in [0.15, 0.2) is 5.96 Å². The monoisotopic (exact) mass is 536 g/mol. The van der Waals surface area contributed by atoms with Crippen LogP contribution in [0, 0.1) is 0 Å². The molecular formula is C20H24F3IN4O2. The molecule has 0 aliphatic heterocycles. The smallest absolute Gasteiger partial charge is 0.405 e. The summed E-state index contributed by atoms with van der Waals surface area (Å²) in [5, 5.41) is 8.76. The topological polar surface area (TPSA) is 74.8 Å². The summed E-state index contributed by atoms with van der Waals surface area (Å²) in [6.45, 7) is 2.93. The number of nitrogens with one attached hydrogen (secondary N) is 3. The predicted molar refractivity (Wildman–Crippen MR) is 120 cm³/mol. The summed E-state index contributed by atoms with van der Waals surface area (Å²) in [6, 6.07) is 13.0. The van der Waals surface area contributed by atoms with Crippen LogP contribution in [0.15, 0.2) is 53.5 Å². The van der Waals surface area contributed by atoms with Gasteiger partial charge in [0.25, 0.3) is 5.91 Å². The van der Waals surface area contributed by atoms with E-state index in [-0.39, 0.29) is 42.2 Å². The number of para-hydroxylation sites is 1. The number of aliphatic imine (C=N–C) groups is 1. The molecule has 0 unspecified atom stereocenters. The summed E-state index contributed by atoms with van der Waals surface area (Å²) in [7, 11) is 1.56. The van der Waals surface area contributed by atoms with E-state index in [1.165, 1.54) is 12.1 Å². The van der Waals surface area contributed by atoms with Crippen molar-refractivity contribution in [1.82, 2.24) is 16.0 Å². The largest absolute Gasteiger partial charge is 0.573 e. The number of alkyl halides is 3. The van der Waals surface area contributed by atoms with Crippen LogP contribution in [-0.4, -0.2) is 31.8 Å². The van der Waals surface area contributed by atoms with Gasteiger partial charge in [-0.25, -0.2) is 0 Å². The molecule has 0 aliphatic carbocycles.